The SMILES string of the molecule is CSc1ccc(/C=C2/C(C)=C(C(C)C(=O)N3CCC(N4CCCCC4)CC3)c3cc(F)ccc32)cc1. The van der Waals surface area contributed by atoms with Crippen LogP contribution in [0.15, 0.2) is 52.9 Å². The Labute approximate surface area is 219 Å². The van der Waals surface area contributed by atoms with Crippen LogP contribution in [0.5, 0.6) is 0 Å². The number of halogens is 1. The third-order valence-electron chi connectivity index (χ3n) is 8.28. The molecule has 0 spiro atoms. The minimum absolute atomic E-state index is 0.169. The van der Waals surface area contributed by atoms with Crippen LogP contribution >= 0.6 is 11.8 Å². The summed E-state index contributed by atoms with van der Waals surface area (Å²) in [5, 5.41) is 0. The summed E-state index contributed by atoms with van der Waals surface area (Å²) in [6.07, 6.45) is 10.3. The Morgan fingerprint density at radius 1 is 1.00 bits per heavy atom. The standard InChI is InChI=1S/C31H37FN2OS/c1-21-28(19-23-7-10-26(36-3)11-8-23)27-12-9-24(32)20-29(27)30(21)22(2)31(35)34-17-13-25(14-18-34)33-15-5-4-6-16-33/h7-12,19-20,22,25H,4-6,13-18H2,1-3H3/b28-19-. The summed E-state index contributed by atoms with van der Waals surface area (Å²) >= 11 is 1.72. The molecule has 2 fully saturated rings. The third kappa shape index (κ3) is 5.05. The first-order chi connectivity index (χ1) is 17.5. The molecule has 2 saturated heterocycles. The average Bonchev–Trinajstić information content (AvgIpc) is 3.18. The summed E-state index contributed by atoms with van der Waals surface area (Å²) in [4.78, 5) is 19.6. The lowest BCUT2D eigenvalue weighted by atomic mass is 9.91. The molecular weight excluding hydrogens is 467 g/mol. The van der Waals surface area contributed by atoms with Gasteiger partial charge in [0.25, 0.3) is 0 Å². The maximum Gasteiger partial charge on any atom is 0.229 e. The topological polar surface area (TPSA) is 23.6 Å². The van der Waals surface area contributed by atoms with Gasteiger partial charge in [-0.15, -0.1) is 11.8 Å². The molecule has 1 amide bonds. The van der Waals surface area contributed by atoms with Crippen molar-refractivity contribution in [2.75, 3.05) is 32.4 Å². The Kier molecular flexibility index (Phi) is 7.68. The number of hydrogen-bond acceptors (Lipinski definition) is 3. The van der Waals surface area contributed by atoms with Gasteiger partial charge in [-0.3, -0.25) is 4.79 Å². The number of thioether (sulfide) groups is 1. The van der Waals surface area contributed by atoms with Gasteiger partial charge in [0.2, 0.25) is 5.91 Å². The number of benzene rings is 2. The maximum absolute atomic E-state index is 14.4. The number of rotatable bonds is 5. The Morgan fingerprint density at radius 3 is 2.36 bits per heavy atom. The van der Waals surface area contributed by atoms with E-state index in [1.54, 1.807) is 17.8 Å². The first-order valence-corrected chi connectivity index (χ1v) is 14.6. The molecular formula is C31H37FN2OS. The molecule has 0 saturated carbocycles. The lowest BCUT2D eigenvalue weighted by Crippen LogP contribution is -2.49. The predicted molar refractivity (Wildman–Crippen MR) is 149 cm³/mol. The van der Waals surface area contributed by atoms with Crippen LogP contribution in [-0.4, -0.2) is 54.2 Å². The van der Waals surface area contributed by atoms with Crippen molar-refractivity contribution in [3.63, 3.8) is 0 Å². The fourth-order valence-corrected chi connectivity index (χ4v) is 6.67. The minimum Gasteiger partial charge on any atom is -0.342 e. The van der Waals surface area contributed by atoms with Crippen molar-refractivity contribution in [2.45, 2.75) is 56.9 Å². The van der Waals surface area contributed by atoms with Gasteiger partial charge in [0.1, 0.15) is 5.82 Å². The van der Waals surface area contributed by atoms with E-state index in [2.05, 4.69) is 48.4 Å². The molecule has 5 rings (SSSR count). The van der Waals surface area contributed by atoms with E-state index in [0.717, 1.165) is 59.3 Å². The molecule has 0 aromatic heterocycles. The summed E-state index contributed by atoms with van der Waals surface area (Å²) in [5.41, 5.74) is 6.12. The van der Waals surface area contributed by atoms with Crippen LogP contribution in [0.2, 0.25) is 0 Å². The molecule has 1 unspecified atom stereocenters. The average molecular weight is 505 g/mol. The number of hydrogen-bond donors (Lipinski definition) is 0. The molecule has 2 heterocycles. The van der Waals surface area contributed by atoms with Gasteiger partial charge in [-0.2, -0.15) is 0 Å². The molecule has 0 N–H and O–H groups in total. The number of likely N-dealkylation sites (tertiary alicyclic amines) is 2. The predicted octanol–water partition coefficient (Wildman–Crippen LogP) is 6.99. The van der Waals surface area contributed by atoms with Crippen molar-refractivity contribution in [3.05, 3.63) is 70.5 Å². The zero-order valence-corrected chi connectivity index (χ0v) is 22.5. The summed E-state index contributed by atoms with van der Waals surface area (Å²) in [6.45, 7) is 8.13. The fraction of sp³-hybridized carbons (Fsp3) is 0.452. The van der Waals surface area contributed by atoms with Gasteiger partial charge in [0.15, 0.2) is 0 Å². The monoisotopic (exact) mass is 504 g/mol. The number of carbonyl (C=O) groups excluding carboxylic acids is 1. The Bertz CT molecular complexity index is 1170. The van der Waals surface area contributed by atoms with Gasteiger partial charge in [0.05, 0.1) is 5.92 Å². The first kappa shape index (κ1) is 25.3. The van der Waals surface area contributed by atoms with Crippen LogP contribution in [0.1, 0.15) is 62.6 Å². The highest BCUT2D eigenvalue weighted by Gasteiger charge is 2.35. The Hall–Kier alpha value is -2.37. The van der Waals surface area contributed by atoms with Crippen LogP contribution in [0, 0.1) is 11.7 Å². The van der Waals surface area contributed by atoms with Crippen molar-refractivity contribution < 1.29 is 9.18 Å². The molecule has 0 radical (unpaired) electrons. The van der Waals surface area contributed by atoms with Crippen molar-refractivity contribution in [2.24, 2.45) is 5.92 Å². The maximum atomic E-state index is 14.4. The highest BCUT2D eigenvalue weighted by molar-refractivity contribution is 7.98. The van der Waals surface area contributed by atoms with Gasteiger partial charge < -0.3 is 9.80 Å². The van der Waals surface area contributed by atoms with Crippen LogP contribution in [-0.2, 0) is 4.79 Å². The van der Waals surface area contributed by atoms with Crippen molar-refractivity contribution >= 4 is 34.9 Å². The van der Waals surface area contributed by atoms with E-state index < -0.39 is 0 Å². The van der Waals surface area contributed by atoms with Crippen molar-refractivity contribution in [1.29, 1.82) is 0 Å². The molecule has 3 aliphatic rings. The fourth-order valence-electron chi connectivity index (χ4n) is 6.27. The molecule has 1 atom stereocenters. The molecule has 2 aromatic carbocycles. The van der Waals surface area contributed by atoms with Gasteiger partial charge in [-0.25, -0.2) is 4.39 Å². The smallest absolute Gasteiger partial charge is 0.229 e. The van der Waals surface area contributed by atoms with E-state index >= 15 is 0 Å². The van der Waals surface area contributed by atoms with Gasteiger partial charge in [-0.1, -0.05) is 24.6 Å². The van der Waals surface area contributed by atoms with E-state index in [1.807, 2.05) is 17.9 Å². The minimum atomic E-state index is -0.304. The number of amides is 1. The van der Waals surface area contributed by atoms with Gasteiger partial charge in [-0.05, 0) is 123 Å². The zero-order chi connectivity index (χ0) is 25.2. The van der Waals surface area contributed by atoms with Crippen LogP contribution in [0.4, 0.5) is 4.39 Å². The molecule has 190 valence electrons. The van der Waals surface area contributed by atoms with E-state index in [0.29, 0.717) is 6.04 Å². The summed E-state index contributed by atoms with van der Waals surface area (Å²) in [7, 11) is 0. The number of nitrogens with zero attached hydrogens (tertiary/aromatic N) is 2. The molecule has 0 bridgehead atoms. The largest absolute Gasteiger partial charge is 0.342 e. The van der Waals surface area contributed by atoms with Crippen molar-refractivity contribution in [1.82, 2.24) is 9.80 Å². The van der Waals surface area contributed by atoms with E-state index in [-0.39, 0.29) is 17.6 Å². The van der Waals surface area contributed by atoms with E-state index in [9.17, 15) is 9.18 Å². The summed E-state index contributed by atoms with van der Waals surface area (Å²) in [5.74, 6) is -0.393. The van der Waals surface area contributed by atoms with Crippen LogP contribution in [0.25, 0.3) is 17.2 Å². The molecule has 5 heteroatoms. The van der Waals surface area contributed by atoms with Crippen LogP contribution < -0.4 is 0 Å². The second kappa shape index (κ2) is 10.9. The van der Waals surface area contributed by atoms with Gasteiger partial charge >= 0.3 is 0 Å². The molecule has 2 aliphatic heterocycles. The highest BCUT2D eigenvalue weighted by Crippen LogP contribution is 2.46. The zero-order valence-electron chi connectivity index (χ0n) is 21.7. The van der Waals surface area contributed by atoms with Gasteiger partial charge in [0, 0.05) is 24.0 Å². The lowest BCUT2D eigenvalue weighted by Gasteiger charge is -2.41. The summed E-state index contributed by atoms with van der Waals surface area (Å²) < 4.78 is 14.4. The first-order valence-electron chi connectivity index (χ1n) is 13.4. The lowest BCUT2D eigenvalue weighted by molar-refractivity contribution is -0.134. The summed E-state index contributed by atoms with van der Waals surface area (Å²) in [6, 6.07) is 14.1. The number of allylic oxidation sites excluding steroid dienone is 2. The Balaban J connectivity index is 1.38. The number of fused-ring (bicyclic) bond motifs is 1. The second-order valence-corrected chi connectivity index (χ2v) is 11.3. The molecule has 1 aliphatic carbocycles. The highest BCUT2D eigenvalue weighted by atomic mass is 32.2. The second-order valence-electron chi connectivity index (χ2n) is 10.4. The number of carbonyl (C=O) groups is 1. The third-order valence-corrected chi connectivity index (χ3v) is 9.03. The molecule has 3 nitrogen and oxygen atoms in total. The van der Waals surface area contributed by atoms with E-state index in [4.69, 9.17) is 0 Å². The van der Waals surface area contributed by atoms with Crippen molar-refractivity contribution in [3.8, 4) is 0 Å². The Morgan fingerprint density at radius 2 is 1.69 bits per heavy atom. The van der Waals surface area contributed by atoms with Crippen LogP contribution in [0.3, 0.4) is 0 Å². The quantitative estimate of drug-likeness (QED) is 0.410. The molecule has 36 heavy (non-hydrogen) atoms. The normalized spacial score (nSPS) is 21.2. The molecule has 2 aromatic rings. The van der Waals surface area contributed by atoms with E-state index in [1.165, 1.54) is 43.3 Å². The number of piperidine rings is 2.